The Bertz CT molecular complexity index is 467. The van der Waals surface area contributed by atoms with Gasteiger partial charge in [0.2, 0.25) is 0 Å². The van der Waals surface area contributed by atoms with E-state index in [1.807, 2.05) is 0 Å². The topological polar surface area (TPSA) is 60.2 Å². The van der Waals surface area contributed by atoms with Crippen LogP contribution in [0.25, 0.3) is 0 Å². The predicted molar refractivity (Wildman–Crippen MR) is 126 cm³/mol. The van der Waals surface area contributed by atoms with Crippen LogP contribution >= 0.6 is 0 Å². The molecule has 0 aromatic rings. The first-order valence-corrected chi connectivity index (χ1v) is 10.2. The van der Waals surface area contributed by atoms with Crippen molar-refractivity contribution in [3.05, 3.63) is 12.2 Å². The van der Waals surface area contributed by atoms with E-state index in [1.54, 1.807) is 0 Å². The van der Waals surface area contributed by atoms with Crippen molar-refractivity contribution in [2.45, 2.75) is 114 Å². The zero-order valence-electron chi connectivity index (χ0n) is 16.9. The molecule has 0 heterocycles. The van der Waals surface area contributed by atoms with Gasteiger partial charge in [0, 0.05) is 23.2 Å². The summed E-state index contributed by atoms with van der Waals surface area (Å²) in [4.78, 5) is 25.6. The first-order valence-electron chi connectivity index (χ1n) is 10.2. The van der Waals surface area contributed by atoms with Gasteiger partial charge in [0.05, 0.1) is 0 Å². The molecule has 0 amide bonds. The van der Waals surface area contributed by atoms with Crippen molar-refractivity contribution in [1.29, 1.82) is 0 Å². The minimum atomic E-state index is -0.284. The number of hydrogen-bond acceptors (Lipinski definition) is 3. The van der Waals surface area contributed by atoms with E-state index in [1.165, 1.54) is 7.05 Å². The number of hydrogen-bond donors (Lipinski definition) is 1. The smallest absolute Gasteiger partial charge is 0.141 e. The largest absolute Gasteiger partial charge is 0.333 e. The Hall–Kier alpha value is -0.960. The van der Waals surface area contributed by atoms with Gasteiger partial charge in [-0.05, 0) is 71.3 Å². The molecule has 168 valence electrons. The lowest BCUT2D eigenvalue weighted by Gasteiger charge is -2.31. The van der Waals surface area contributed by atoms with Crippen LogP contribution in [0.15, 0.2) is 12.2 Å². The van der Waals surface area contributed by atoms with Crippen molar-refractivity contribution < 1.29 is 9.59 Å². The molecule has 3 nitrogen and oxygen atoms in total. The fourth-order valence-electron chi connectivity index (χ4n) is 3.87. The number of ketones is 2. The Morgan fingerprint density at radius 2 is 1.50 bits per heavy atom. The molecule has 0 radical (unpaired) electrons. The molecule has 3 heteroatoms. The fraction of sp³-hybridized carbons (Fsp3) is 0.840. The van der Waals surface area contributed by atoms with Gasteiger partial charge in [0.25, 0.3) is 0 Å². The van der Waals surface area contributed by atoms with E-state index in [4.69, 9.17) is 0 Å². The predicted octanol–water partition coefficient (Wildman–Crippen LogP) is 7.13. The summed E-state index contributed by atoms with van der Waals surface area (Å²) in [5.41, 5.74) is 4.01. The molecule has 2 unspecified atom stereocenters. The molecule has 1 fully saturated rings. The van der Waals surface area contributed by atoms with Crippen LogP contribution in [-0.4, -0.2) is 18.6 Å². The highest BCUT2D eigenvalue weighted by Gasteiger charge is 2.42. The molecular formula is C25H51NO2. The zero-order chi connectivity index (χ0) is 18.9. The monoisotopic (exact) mass is 397 g/mol. The molecule has 0 aromatic carbocycles. The molecule has 1 saturated carbocycles. The Morgan fingerprint density at radius 3 is 1.96 bits per heavy atom. The normalized spacial score (nSPS) is 29.5. The van der Waals surface area contributed by atoms with Crippen LogP contribution in [0.2, 0.25) is 0 Å². The van der Waals surface area contributed by atoms with Gasteiger partial charge in [-0.3, -0.25) is 9.59 Å². The van der Waals surface area contributed by atoms with Crippen molar-refractivity contribution in [3.63, 3.8) is 0 Å². The van der Waals surface area contributed by atoms with E-state index in [0.717, 1.165) is 64.2 Å². The molecule has 0 saturated heterocycles. The van der Waals surface area contributed by atoms with Crippen LogP contribution in [-0.2, 0) is 9.59 Å². The Balaban J connectivity index is -0.00000121. The second-order valence-electron chi connectivity index (χ2n) is 8.29. The number of allylic oxidation sites excluding steroid dienone is 2. The summed E-state index contributed by atoms with van der Waals surface area (Å²) < 4.78 is 0. The number of rotatable bonds is 3. The van der Waals surface area contributed by atoms with E-state index in [9.17, 15) is 9.59 Å². The van der Waals surface area contributed by atoms with Crippen LogP contribution in [0.4, 0.5) is 0 Å². The maximum atomic E-state index is 12.8. The van der Waals surface area contributed by atoms with Gasteiger partial charge in [-0.25, -0.2) is 0 Å². The minimum absolute atomic E-state index is 0. The van der Waals surface area contributed by atoms with Gasteiger partial charge in [-0.2, -0.15) is 0 Å². The van der Waals surface area contributed by atoms with E-state index in [2.05, 4.69) is 38.7 Å². The standard InChI is InChI=1S/C21H34O2.CH5N.3CH4/c1-4-20(2)14-9-7-5-6-8-10-15-21(3,16-13-18(20)22)19(23)17-11-12-17;1-2;;;/h5-6,17H,4,7-16H2,1-3H3;2H2,1H3;3*1H4/b6-5-;;;;. The maximum absolute atomic E-state index is 12.8. The quantitative estimate of drug-likeness (QED) is 0.515. The van der Waals surface area contributed by atoms with E-state index in [-0.39, 0.29) is 33.1 Å². The third-order valence-corrected chi connectivity index (χ3v) is 6.27. The van der Waals surface area contributed by atoms with Crippen LogP contribution in [0.3, 0.4) is 0 Å². The van der Waals surface area contributed by atoms with E-state index < -0.39 is 0 Å². The first-order chi connectivity index (χ1) is 11.9. The van der Waals surface area contributed by atoms with Gasteiger partial charge in [-0.15, -0.1) is 0 Å². The average Bonchev–Trinajstić information content (AvgIpc) is 3.47. The second kappa shape index (κ2) is 15.0. The summed E-state index contributed by atoms with van der Waals surface area (Å²) in [6.45, 7) is 6.37. The van der Waals surface area contributed by atoms with Crippen LogP contribution < -0.4 is 5.73 Å². The molecule has 0 spiro atoms. The molecule has 2 N–H and O–H groups in total. The number of Topliss-reactive ketones (excluding diaryl/α,β-unsaturated/α-hetero) is 2. The van der Waals surface area contributed by atoms with E-state index in [0.29, 0.717) is 23.9 Å². The zero-order valence-corrected chi connectivity index (χ0v) is 16.9. The fourth-order valence-corrected chi connectivity index (χ4v) is 3.87. The minimum Gasteiger partial charge on any atom is -0.333 e. The van der Waals surface area contributed by atoms with Gasteiger partial charge >= 0.3 is 0 Å². The van der Waals surface area contributed by atoms with Crippen LogP contribution in [0.5, 0.6) is 0 Å². The summed E-state index contributed by atoms with van der Waals surface area (Å²) in [7, 11) is 1.50. The Morgan fingerprint density at radius 1 is 1.00 bits per heavy atom. The van der Waals surface area contributed by atoms with Crippen LogP contribution in [0.1, 0.15) is 114 Å². The van der Waals surface area contributed by atoms with Gasteiger partial charge in [0.1, 0.15) is 11.6 Å². The third kappa shape index (κ3) is 9.03. The SMILES string of the molecule is C.C.C.CCC1(C)CCC/C=C\CCCC(C)(C(=O)C2CC2)CCC1=O.CN. The van der Waals surface area contributed by atoms with Crippen LogP contribution in [0, 0.1) is 16.7 Å². The molecule has 2 rings (SSSR count). The second-order valence-corrected chi connectivity index (χ2v) is 8.29. The summed E-state index contributed by atoms with van der Waals surface area (Å²) in [5.74, 6) is 1.10. The van der Waals surface area contributed by atoms with Crippen molar-refractivity contribution >= 4 is 11.6 Å². The summed E-state index contributed by atoms with van der Waals surface area (Å²) >= 11 is 0. The maximum Gasteiger partial charge on any atom is 0.141 e. The molecule has 28 heavy (non-hydrogen) atoms. The van der Waals surface area contributed by atoms with Crippen molar-refractivity contribution in [1.82, 2.24) is 0 Å². The highest BCUT2D eigenvalue weighted by Crippen LogP contribution is 2.43. The summed E-state index contributed by atoms with van der Waals surface area (Å²) in [5, 5.41) is 0. The Labute approximate surface area is 176 Å². The van der Waals surface area contributed by atoms with Crippen molar-refractivity contribution in [2.75, 3.05) is 7.05 Å². The van der Waals surface area contributed by atoms with Crippen molar-refractivity contribution in [3.8, 4) is 0 Å². The van der Waals surface area contributed by atoms with Crippen molar-refractivity contribution in [2.24, 2.45) is 22.5 Å². The molecular weight excluding hydrogens is 346 g/mol. The van der Waals surface area contributed by atoms with Gasteiger partial charge in [-0.1, -0.05) is 55.2 Å². The molecule has 2 aliphatic rings. The number of carbonyl (C=O) groups is 2. The lowest BCUT2D eigenvalue weighted by molar-refractivity contribution is -0.132. The molecule has 0 aromatic heterocycles. The molecule has 0 aliphatic heterocycles. The summed E-state index contributed by atoms with van der Waals surface area (Å²) in [6, 6.07) is 0. The average molecular weight is 398 g/mol. The molecule has 0 bridgehead atoms. The van der Waals surface area contributed by atoms with E-state index >= 15 is 0 Å². The van der Waals surface area contributed by atoms with Gasteiger partial charge in [0.15, 0.2) is 0 Å². The molecule has 2 aliphatic carbocycles. The highest BCUT2D eigenvalue weighted by molar-refractivity contribution is 5.90. The number of nitrogens with two attached hydrogens (primary N) is 1. The first kappa shape index (κ1) is 31.7. The lowest BCUT2D eigenvalue weighted by Crippen LogP contribution is -2.33. The third-order valence-electron chi connectivity index (χ3n) is 6.27. The lowest BCUT2D eigenvalue weighted by atomic mass is 9.71. The van der Waals surface area contributed by atoms with Gasteiger partial charge < -0.3 is 5.73 Å². The highest BCUT2D eigenvalue weighted by atomic mass is 16.1. The number of carbonyl (C=O) groups excluding carboxylic acids is 2. The Kier molecular flexibility index (Phi) is 16.9. The summed E-state index contributed by atoms with van der Waals surface area (Å²) in [6.07, 6.45) is 15.1. The molecule has 2 atom stereocenters.